The van der Waals surface area contributed by atoms with E-state index in [4.69, 9.17) is 4.74 Å². The topological polar surface area (TPSA) is 54.5 Å². The average Bonchev–Trinajstić information content (AvgIpc) is 3.67. The Morgan fingerprint density at radius 3 is 2.39 bits per heavy atom. The van der Waals surface area contributed by atoms with Gasteiger partial charge in [-0.15, -0.1) is 11.3 Å². The lowest BCUT2D eigenvalue weighted by Gasteiger charge is -2.15. The van der Waals surface area contributed by atoms with Crippen molar-refractivity contribution >= 4 is 27.3 Å². The van der Waals surface area contributed by atoms with E-state index in [-0.39, 0.29) is 5.91 Å². The van der Waals surface area contributed by atoms with Crippen molar-refractivity contribution in [3.05, 3.63) is 120 Å². The molecule has 0 bridgehead atoms. The van der Waals surface area contributed by atoms with E-state index >= 15 is 0 Å². The molecule has 5 aromatic rings. The Balaban J connectivity index is 1.12. The van der Waals surface area contributed by atoms with Crippen molar-refractivity contribution in [3.63, 3.8) is 0 Å². The SMILES string of the molecule is O=C(NCCc1ccc(-c2sc3ccccc3c2Cc2ccc(OCCN3CCCC3)cc2)cc1)c1ccncc1. The predicted molar refractivity (Wildman–Crippen MR) is 168 cm³/mol. The summed E-state index contributed by atoms with van der Waals surface area (Å²) in [5.74, 6) is 0.872. The van der Waals surface area contributed by atoms with Gasteiger partial charge in [-0.25, -0.2) is 0 Å². The number of hydrogen-bond acceptors (Lipinski definition) is 5. The molecular formula is C35H35N3O2S. The number of fused-ring (bicyclic) bond motifs is 1. The van der Waals surface area contributed by atoms with Crippen molar-refractivity contribution < 1.29 is 9.53 Å². The Kier molecular flexibility index (Phi) is 8.69. The highest BCUT2D eigenvalue weighted by molar-refractivity contribution is 7.22. The average molecular weight is 562 g/mol. The fourth-order valence-corrected chi connectivity index (χ4v) is 6.69. The van der Waals surface area contributed by atoms with Crippen LogP contribution in [0.15, 0.2) is 97.3 Å². The van der Waals surface area contributed by atoms with Gasteiger partial charge in [0.1, 0.15) is 12.4 Å². The molecule has 1 amide bonds. The summed E-state index contributed by atoms with van der Waals surface area (Å²) in [4.78, 5) is 20.1. The van der Waals surface area contributed by atoms with Crippen LogP contribution >= 0.6 is 11.3 Å². The second kappa shape index (κ2) is 13.1. The van der Waals surface area contributed by atoms with Crippen molar-refractivity contribution in [1.29, 1.82) is 0 Å². The molecule has 0 unspecified atom stereocenters. The summed E-state index contributed by atoms with van der Waals surface area (Å²) in [5, 5.41) is 4.32. The molecule has 208 valence electrons. The second-order valence-electron chi connectivity index (χ2n) is 10.6. The summed E-state index contributed by atoms with van der Waals surface area (Å²) in [6.45, 7) is 4.74. The zero-order valence-corrected chi connectivity index (χ0v) is 24.0. The molecule has 0 radical (unpaired) electrons. The Bertz CT molecular complexity index is 1570. The van der Waals surface area contributed by atoms with Crippen molar-refractivity contribution in [3.8, 4) is 16.2 Å². The van der Waals surface area contributed by atoms with Gasteiger partial charge in [0.05, 0.1) is 0 Å². The lowest BCUT2D eigenvalue weighted by molar-refractivity contribution is 0.0954. The number of carbonyl (C=O) groups excluding carboxylic acids is 1. The van der Waals surface area contributed by atoms with Crippen LogP contribution in [0.4, 0.5) is 0 Å². The van der Waals surface area contributed by atoms with Gasteiger partial charge in [-0.2, -0.15) is 0 Å². The third kappa shape index (κ3) is 6.84. The van der Waals surface area contributed by atoms with Crippen LogP contribution in [-0.4, -0.2) is 48.6 Å². The van der Waals surface area contributed by atoms with Gasteiger partial charge in [-0.1, -0.05) is 54.6 Å². The monoisotopic (exact) mass is 561 g/mol. The molecule has 0 spiro atoms. The summed E-state index contributed by atoms with van der Waals surface area (Å²) in [7, 11) is 0. The van der Waals surface area contributed by atoms with Gasteiger partial charge in [0.2, 0.25) is 0 Å². The van der Waals surface area contributed by atoms with Crippen molar-refractivity contribution in [2.24, 2.45) is 0 Å². The first-order valence-corrected chi connectivity index (χ1v) is 15.3. The van der Waals surface area contributed by atoms with Gasteiger partial charge in [0.25, 0.3) is 5.91 Å². The number of likely N-dealkylation sites (tertiary alicyclic amines) is 1. The zero-order chi connectivity index (χ0) is 27.9. The number of aromatic nitrogens is 1. The Labute approximate surface area is 245 Å². The highest BCUT2D eigenvalue weighted by Crippen LogP contribution is 2.40. The molecule has 0 aliphatic carbocycles. The number of benzene rings is 3. The van der Waals surface area contributed by atoms with Crippen LogP contribution < -0.4 is 10.1 Å². The lowest BCUT2D eigenvalue weighted by atomic mass is 9.98. The minimum absolute atomic E-state index is 0.0689. The number of ether oxygens (including phenoxy) is 1. The summed E-state index contributed by atoms with van der Waals surface area (Å²) in [6, 6.07) is 29.5. The number of carbonyl (C=O) groups is 1. The highest BCUT2D eigenvalue weighted by Gasteiger charge is 2.15. The zero-order valence-electron chi connectivity index (χ0n) is 23.2. The first kappa shape index (κ1) is 27.2. The van der Waals surface area contributed by atoms with E-state index in [0.29, 0.717) is 12.1 Å². The first-order valence-electron chi connectivity index (χ1n) is 14.4. The summed E-state index contributed by atoms with van der Waals surface area (Å²) in [5.41, 5.74) is 5.71. The minimum atomic E-state index is -0.0689. The van der Waals surface area contributed by atoms with Gasteiger partial charge >= 0.3 is 0 Å². The highest BCUT2D eigenvalue weighted by atomic mass is 32.1. The number of amides is 1. The molecule has 2 aromatic heterocycles. The number of pyridine rings is 1. The van der Waals surface area contributed by atoms with Crippen LogP contribution in [0.3, 0.4) is 0 Å². The number of thiophene rings is 1. The molecule has 6 rings (SSSR count). The second-order valence-corrected chi connectivity index (χ2v) is 11.6. The van der Waals surface area contributed by atoms with Crippen LogP contribution in [0.2, 0.25) is 0 Å². The number of rotatable bonds is 11. The predicted octanol–water partition coefficient (Wildman–Crippen LogP) is 7.00. The first-order chi connectivity index (χ1) is 20.2. The smallest absolute Gasteiger partial charge is 0.251 e. The molecule has 41 heavy (non-hydrogen) atoms. The van der Waals surface area contributed by atoms with Gasteiger partial charge in [-0.3, -0.25) is 14.7 Å². The molecular weight excluding hydrogens is 526 g/mol. The molecule has 0 saturated carbocycles. The van der Waals surface area contributed by atoms with Crippen LogP contribution in [0.5, 0.6) is 5.75 Å². The third-order valence-corrected chi connectivity index (χ3v) is 9.00. The van der Waals surface area contributed by atoms with Gasteiger partial charge in [-0.05, 0) is 96.7 Å². The minimum Gasteiger partial charge on any atom is -0.492 e. The van der Waals surface area contributed by atoms with E-state index in [2.05, 4.69) is 88.0 Å². The Morgan fingerprint density at radius 1 is 0.878 bits per heavy atom. The quantitative estimate of drug-likeness (QED) is 0.189. The number of nitrogens with zero attached hydrogens (tertiary/aromatic N) is 2. The summed E-state index contributed by atoms with van der Waals surface area (Å²) < 4.78 is 7.34. The number of hydrogen-bond donors (Lipinski definition) is 1. The maximum atomic E-state index is 12.3. The fourth-order valence-electron chi connectivity index (χ4n) is 5.46. The van der Waals surface area contributed by atoms with Gasteiger partial charge < -0.3 is 10.1 Å². The molecule has 3 heterocycles. The van der Waals surface area contributed by atoms with Crippen LogP contribution in [-0.2, 0) is 12.8 Å². The standard InChI is InChI=1S/C35H35N3O2S/c39-35(29-16-18-36-19-17-29)37-20-15-26-7-11-28(12-8-26)34-32(31-5-1-2-6-33(31)41-34)25-27-9-13-30(14-10-27)40-24-23-38-21-3-4-22-38/h1-2,5-14,16-19H,3-4,15,20-25H2,(H,37,39). The summed E-state index contributed by atoms with van der Waals surface area (Å²) >= 11 is 1.86. The normalized spacial score (nSPS) is 13.5. The van der Waals surface area contributed by atoms with E-state index in [1.165, 1.54) is 63.1 Å². The molecule has 1 saturated heterocycles. The molecule has 3 aromatic carbocycles. The van der Waals surface area contributed by atoms with E-state index < -0.39 is 0 Å². The maximum absolute atomic E-state index is 12.3. The van der Waals surface area contributed by atoms with Gasteiger partial charge in [0.15, 0.2) is 0 Å². The van der Waals surface area contributed by atoms with Crippen LogP contribution in [0.25, 0.3) is 20.5 Å². The number of nitrogens with one attached hydrogen (secondary N) is 1. The maximum Gasteiger partial charge on any atom is 0.251 e. The molecule has 1 aliphatic heterocycles. The van der Waals surface area contributed by atoms with E-state index in [1.54, 1.807) is 24.5 Å². The van der Waals surface area contributed by atoms with Crippen LogP contribution in [0, 0.1) is 0 Å². The third-order valence-electron chi connectivity index (χ3n) is 7.74. The van der Waals surface area contributed by atoms with E-state index in [9.17, 15) is 4.79 Å². The van der Waals surface area contributed by atoms with E-state index in [0.717, 1.165) is 31.7 Å². The molecule has 1 N–H and O–H groups in total. The molecule has 1 fully saturated rings. The van der Waals surface area contributed by atoms with Crippen molar-refractivity contribution in [2.75, 3.05) is 32.8 Å². The van der Waals surface area contributed by atoms with Crippen molar-refractivity contribution in [1.82, 2.24) is 15.2 Å². The molecule has 1 aliphatic rings. The Morgan fingerprint density at radius 2 is 1.61 bits per heavy atom. The van der Waals surface area contributed by atoms with Crippen molar-refractivity contribution in [2.45, 2.75) is 25.7 Å². The van der Waals surface area contributed by atoms with E-state index in [1.807, 2.05) is 11.3 Å². The summed E-state index contributed by atoms with van der Waals surface area (Å²) in [6.07, 6.45) is 7.54. The molecule has 0 atom stereocenters. The van der Waals surface area contributed by atoms with Crippen LogP contribution in [0.1, 0.15) is 39.9 Å². The fraction of sp³-hybridized carbons (Fsp3) is 0.257. The molecule has 5 nitrogen and oxygen atoms in total. The Hall–Kier alpha value is -4.00. The van der Waals surface area contributed by atoms with Gasteiger partial charge in [0, 0.05) is 40.6 Å². The largest absolute Gasteiger partial charge is 0.492 e. The lowest BCUT2D eigenvalue weighted by Crippen LogP contribution is -2.25. The molecule has 6 heteroatoms.